The molecule has 2 aromatic carbocycles. The summed E-state index contributed by atoms with van der Waals surface area (Å²) in [7, 11) is -0.951. The first kappa shape index (κ1) is 31.1. The number of amides is 1. The van der Waals surface area contributed by atoms with Crippen molar-refractivity contribution in [3.63, 3.8) is 0 Å². The van der Waals surface area contributed by atoms with Gasteiger partial charge in [0.25, 0.3) is 8.32 Å². The number of benzene rings is 2. The van der Waals surface area contributed by atoms with E-state index in [9.17, 15) is 9.59 Å². The van der Waals surface area contributed by atoms with Crippen LogP contribution in [0.5, 0.6) is 0 Å². The van der Waals surface area contributed by atoms with E-state index in [1.54, 1.807) is 40.0 Å². The second-order valence-corrected chi connectivity index (χ2v) is 16.6. The first-order chi connectivity index (χ1) is 19.9. The summed E-state index contributed by atoms with van der Waals surface area (Å²) in [4.78, 5) is 30.3. The van der Waals surface area contributed by atoms with E-state index < -0.39 is 26.1 Å². The maximum Gasteiger partial charge on any atom is 0.435 e. The molecule has 2 heterocycles. The fourth-order valence-electron chi connectivity index (χ4n) is 5.15. The Balaban J connectivity index is 1.49. The Morgan fingerprint density at radius 2 is 1.50 bits per heavy atom. The maximum absolute atomic E-state index is 13.3. The summed E-state index contributed by atoms with van der Waals surface area (Å²) in [5.41, 5.74) is 0.306. The van der Waals surface area contributed by atoms with Crippen LogP contribution in [0.3, 0.4) is 0 Å². The molecule has 1 amide bonds. The average molecular weight is 588 g/mol. The van der Waals surface area contributed by atoms with Crippen LogP contribution in [0, 0.1) is 0 Å². The van der Waals surface area contributed by atoms with Crippen molar-refractivity contribution in [3.05, 3.63) is 79.0 Å². The van der Waals surface area contributed by atoms with Crippen LogP contribution in [-0.2, 0) is 14.0 Å². The summed E-state index contributed by atoms with van der Waals surface area (Å²) >= 11 is 0. The van der Waals surface area contributed by atoms with Crippen molar-refractivity contribution in [1.82, 2.24) is 20.1 Å². The van der Waals surface area contributed by atoms with Crippen molar-refractivity contribution >= 4 is 47.5 Å². The molecule has 0 aliphatic carbocycles. The van der Waals surface area contributed by atoms with Gasteiger partial charge in [-0.1, -0.05) is 81.4 Å². The molecule has 1 atom stereocenters. The monoisotopic (exact) mass is 587 g/mol. The second-order valence-electron chi connectivity index (χ2n) is 12.3. The lowest BCUT2D eigenvalue weighted by Crippen LogP contribution is -2.66. The lowest BCUT2D eigenvalue weighted by molar-refractivity contribution is -0.118. The topological polar surface area (TPSA) is 107 Å². The minimum atomic E-state index is -2.71. The molecule has 0 saturated carbocycles. The summed E-state index contributed by atoms with van der Waals surface area (Å²) < 4.78 is 13.5. The number of nitrogens with zero attached hydrogens (tertiary/aromatic N) is 3. The smallest absolute Gasteiger partial charge is 0.435 e. The van der Waals surface area contributed by atoms with Crippen LogP contribution < -0.4 is 21.0 Å². The molecule has 0 bridgehead atoms. The summed E-state index contributed by atoms with van der Waals surface area (Å²) in [5.74, 6) is 0.138. The largest absolute Gasteiger partial charge is 0.442 e. The molecule has 2 aromatic heterocycles. The van der Waals surface area contributed by atoms with Gasteiger partial charge in [0.05, 0.1) is 17.8 Å². The van der Waals surface area contributed by atoms with Gasteiger partial charge in [-0.2, -0.15) is 9.78 Å². The summed E-state index contributed by atoms with van der Waals surface area (Å²) in [6.45, 7) is 12.5. The van der Waals surface area contributed by atoms with Gasteiger partial charge in [0, 0.05) is 6.61 Å². The summed E-state index contributed by atoms with van der Waals surface area (Å²) in [6, 6.07) is 23.7. The zero-order valence-electron chi connectivity index (χ0n) is 25.5. The highest BCUT2D eigenvalue weighted by Crippen LogP contribution is 2.36. The predicted molar refractivity (Wildman–Crippen MR) is 169 cm³/mol. The molecule has 222 valence electrons. The van der Waals surface area contributed by atoms with E-state index in [0.29, 0.717) is 29.9 Å². The Kier molecular flexibility index (Phi) is 9.30. The molecule has 9 nitrogen and oxygen atoms in total. The minimum absolute atomic E-state index is 0.157. The van der Waals surface area contributed by atoms with Crippen LogP contribution in [0.4, 0.5) is 10.6 Å². The number of hydrogen-bond donors (Lipinski definition) is 2. The first-order valence-electron chi connectivity index (χ1n) is 14.2. The highest BCUT2D eigenvalue weighted by molar-refractivity contribution is 6.99. The van der Waals surface area contributed by atoms with E-state index in [1.165, 1.54) is 16.6 Å². The number of fused-ring (bicyclic) bond motifs is 1. The number of ether oxygens (including phenoxy) is 1. The van der Waals surface area contributed by atoms with E-state index in [0.717, 1.165) is 4.68 Å². The average Bonchev–Trinajstić information content (AvgIpc) is 3.36. The quantitative estimate of drug-likeness (QED) is 0.273. The number of likely N-dealkylation sites (N-methyl/N-ethyl adjacent to an activating group) is 1. The van der Waals surface area contributed by atoms with Crippen LogP contribution in [0.25, 0.3) is 11.0 Å². The Bertz CT molecular complexity index is 1470. The van der Waals surface area contributed by atoms with E-state index in [4.69, 9.17) is 9.16 Å². The minimum Gasteiger partial charge on any atom is -0.442 e. The van der Waals surface area contributed by atoms with Crippen LogP contribution in [0.15, 0.2) is 79.0 Å². The Labute approximate surface area is 248 Å². The number of nitrogens with one attached hydrogen (secondary N) is 2. The molecule has 0 aliphatic heterocycles. The highest BCUT2D eigenvalue weighted by Gasteiger charge is 2.50. The lowest BCUT2D eigenvalue weighted by Gasteiger charge is -2.43. The molecule has 0 fully saturated rings. The molecule has 10 heteroatoms. The normalized spacial score (nSPS) is 13.1. The number of pyridine rings is 1. The third-order valence-electron chi connectivity index (χ3n) is 7.05. The Hall–Kier alpha value is -3.86. The van der Waals surface area contributed by atoms with E-state index in [-0.39, 0.29) is 10.9 Å². The molecule has 0 unspecified atom stereocenters. The molecule has 4 aromatic rings. The molecule has 42 heavy (non-hydrogen) atoms. The van der Waals surface area contributed by atoms with Gasteiger partial charge < -0.3 is 19.8 Å². The molecule has 2 N–H and O–H groups in total. The van der Waals surface area contributed by atoms with E-state index in [1.807, 2.05) is 12.1 Å². The molecular weight excluding hydrogens is 546 g/mol. The predicted octanol–water partition coefficient (Wildman–Crippen LogP) is 4.71. The molecular formula is C32H41N5O4Si. The van der Waals surface area contributed by atoms with Gasteiger partial charge in [0.2, 0.25) is 5.91 Å². The van der Waals surface area contributed by atoms with Gasteiger partial charge in [-0.25, -0.2) is 9.78 Å². The number of carbonyl (C=O) groups excluding carboxylic acids is 2. The SMILES string of the molecule is CN[C@H](CCO[Si](c1ccccc1)(c1ccccc1)C(C)(C)C)C(=O)Nc1ccc2c(cnn2C(=O)OC(C)(C)C)n1. The molecule has 0 spiro atoms. The fourth-order valence-corrected chi connectivity index (χ4v) is 9.73. The number of hydrogen-bond acceptors (Lipinski definition) is 7. The van der Waals surface area contributed by atoms with Gasteiger partial charge in [-0.3, -0.25) is 4.79 Å². The standard InChI is InChI=1S/C32H41N5O4Si/c1-31(2,3)41-30(39)37-27-18-19-28(35-26(27)22-34-37)36-29(38)25(33-7)20-21-40-42(32(4,5)6,23-14-10-8-11-15-23)24-16-12-9-13-17-24/h8-19,22,25,33H,20-21H2,1-7H3,(H,35,36,38)/t25-/m1/s1. The van der Waals surface area contributed by atoms with Crippen molar-refractivity contribution in [2.75, 3.05) is 19.0 Å². The van der Waals surface area contributed by atoms with Gasteiger partial charge in [-0.05, 0) is 61.8 Å². The van der Waals surface area contributed by atoms with Crippen LogP contribution in [0.1, 0.15) is 48.0 Å². The lowest BCUT2D eigenvalue weighted by atomic mass is 10.2. The van der Waals surface area contributed by atoms with Gasteiger partial charge in [0.1, 0.15) is 16.9 Å². The molecule has 4 rings (SSSR count). The number of aromatic nitrogens is 3. The third kappa shape index (κ3) is 6.78. The Morgan fingerprint density at radius 3 is 2.02 bits per heavy atom. The zero-order valence-corrected chi connectivity index (χ0v) is 26.5. The van der Waals surface area contributed by atoms with Crippen LogP contribution in [-0.4, -0.2) is 60.4 Å². The highest BCUT2D eigenvalue weighted by atomic mass is 28.4. The van der Waals surface area contributed by atoms with Gasteiger partial charge in [0.15, 0.2) is 0 Å². The van der Waals surface area contributed by atoms with E-state index in [2.05, 4.69) is 90.0 Å². The van der Waals surface area contributed by atoms with Crippen LogP contribution in [0.2, 0.25) is 5.04 Å². The van der Waals surface area contributed by atoms with Gasteiger partial charge in [-0.15, -0.1) is 0 Å². The van der Waals surface area contributed by atoms with Crippen LogP contribution >= 0.6 is 0 Å². The molecule has 0 aliphatic rings. The van der Waals surface area contributed by atoms with E-state index >= 15 is 0 Å². The van der Waals surface area contributed by atoms with Crippen molar-refractivity contribution in [3.8, 4) is 0 Å². The first-order valence-corrected chi connectivity index (χ1v) is 16.1. The zero-order chi connectivity index (χ0) is 30.5. The van der Waals surface area contributed by atoms with Gasteiger partial charge >= 0.3 is 6.09 Å². The molecule has 0 radical (unpaired) electrons. The Morgan fingerprint density at radius 1 is 0.905 bits per heavy atom. The maximum atomic E-state index is 13.3. The van der Waals surface area contributed by atoms with Crippen molar-refractivity contribution in [1.29, 1.82) is 0 Å². The number of carbonyl (C=O) groups is 2. The second kappa shape index (κ2) is 12.6. The number of rotatable bonds is 9. The summed E-state index contributed by atoms with van der Waals surface area (Å²) in [6.07, 6.45) is 1.35. The van der Waals surface area contributed by atoms with Crippen molar-refractivity contribution in [2.45, 2.75) is 64.6 Å². The van der Waals surface area contributed by atoms with Crippen molar-refractivity contribution < 1.29 is 18.8 Å². The fraction of sp³-hybridized carbons (Fsp3) is 0.375. The molecule has 0 saturated heterocycles. The van der Waals surface area contributed by atoms with Crippen molar-refractivity contribution in [2.24, 2.45) is 0 Å². The number of anilines is 1. The summed E-state index contributed by atoms with van der Waals surface area (Å²) in [5, 5.41) is 12.4. The third-order valence-corrected chi connectivity index (χ3v) is 12.1.